The average Bonchev–Trinajstić information content (AvgIpc) is 2.83. The van der Waals surface area contributed by atoms with Crippen LogP contribution in [0.3, 0.4) is 0 Å². The summed E-state index contributed by atoms with van der Waals surface area (Å²) in [5.74, 6) is 0.223. The number of aromatic nitrogens is 1. The second-order valence-electron chi connectivity index (χ2n) is 5.41. The van der Waals surface area contributed by atoms with E-state index >= 15 is 0 Å². The van der Waals surface area contributed by atoms with Gasteiger partial charge in [-0.05, 0) is 19.8 Å². The molecule has 0 bridgehead atoms. The first kappa shape index (κ1) is 14.9. The molecule has 0 aliphatic carbocycles. The molecule has 1 aromatic rings. The number of esters is 1. The first-order valence-electron chi connectivity index (χ1n) is 7.50. The van der Waals surface area contributed by atoms with E-state index < -0.39 is 5.97 Å². The normalized spacial score (nSPS) is 16.9. The molecule has 2 rings (SSSR count). The highest BCUT2D eigenvalue weighted by atomic mass is 16.5. The van der Waals surface area contributed by atoms with Gasteiger partial charge in [-0.15, -0.1) is 0 Å². The Bertz CT molecular complexity index is 469. The van der Waals surface area contributed by atoms with E-state index in [2.05, 4.69) is 23.7 Å². The molecule has 1 aliphatic heterocycles. The van der Waals surface area contributed by atoms with Gasteiger partial charge >= 0.3 is 5.97 Å². The molecule has 0 radical (unpaired) electrons. The van der Waals surface area contributed by atoms with Crippen LogP contribution < -0.4 is 4.90 Å². The molecule has 1 aliphatic rings. The van der Waals surface area contributed by atoms with Crippen molar-refractivity contribution in [2.75, 3.05) is 24.6 Å². The Balaban J connectivity index is 2.13. The largest absolute Gasteiger partial charge is 0.461 e. The molecule has 0 spiro atoms. The van der Waals surface area contributed by atoms with Crippen molar-refractivity contribution in [3.8, 4) is 0 Å². The fourth-order valence-electron chi connectivity index (χ4n) is 2.67. The Morgan fingerprint density at radius 3 is 2.45 bits per heavy atom. The first-order chi connectivity index (χ1) is 9.59. The van der Waals surface area contributed by atoms with Gasteiger partial charge in [-0.25, -0.2) is 4.79 Å². The zero-order valence-corrected chi connectivity index (χ0v) is 12.9. The van der Waals surface area contributed by atoms with Gasteiger partial charge < -0.3 is 14.1 Å². The molecule has 5 heteroatoms. The molecule has 0 amide bonds. The van der Waals surface area contributed by atoms with E-state index in [-0.39, 0.29) is 0 Å². The van der Waals surface area contributed by atoms with E-state index in [1.807, 2.05) is 6.92 Å². The topological polar surface area (TPSA) is 55.6 Å². The SMILES string of the molecule is CCOC(=O)c1nc(N2CC(CC)(CC)C2)oc1CC. The number of anilines is 1. The van der Waals surface area contributed by atoms with Crippen molar-refractivity contribution < 1.29 is 13.9 Å². The van der Waals surface area contributed by atoms with Gasteiger partial charge in [-0.2, -0.15) is 4.98 Å². The summed E-state index contributed by atoms with van der Waals surface area (Å²) in [7, 11) is 0. The molecule has 1 fully saturated rings. The van der Waals surface area contributed by atoms with Gasteiger partial charge in [0.05, 0.1) is 6.61 Å². The summed E-state index contributed by atoms with van der Waals surface area (Å²) < 4.78 is 10.8. The quantitative estimate of drug-likeness (QED) is 0.750. The number of hydrogen-bond acceptors (Lipinski definition) is 5. The lowest BCUT2D eigenvalue weighted by Crippen LogP contribution is -2.56. The zero-order valence-electron chi connectivity index (χ0n) is 12.9. The van der Waals surface area contributed by atoms with Crippen LogP contribution in [0.4, 0.5) is 6.01 Å². The van der Waals surface area contributed by atoms with Crippen molar-refractivity contribution in [2.45, 2.75) is 47.0 Å². The lowest BCUT2D eigenvalue weighted by atomic mass is 9.75. The minimum absolute atomic E-state index is 0.329. The average molecular weight is 280 g/mol. The smallest absolute Gasteiger partial charge is 0.360 e. The Morgan fingerprint density at radius 1 is 1.30 bits per heavy atom. The van der Waals surface area contributed by atoms with Crippen LogP contribution >= 0.6 is 0 Å². The van der Waals surface area contributed by atoms with Gasteiger partial charge in [0.25, 0.3) is 6.01 Å². The summed E-state index contributed by atoms with van der Waals surface area (Å²) in [6.07, 6.45) is 2.96. The molecule has 5 nitrogen and oxygen atoms in total. The van der Waals surface area contributed by atoms with E-state index in [0.717, 1.165) is 25.9 Å². The molecule has 1 aromatic heterocycles. The van der Waals surface area contributed by atoms with Crippen LogP contribution in [0.2, 0.25) is 0 Å². The molecule has 1 saturated heterocycles. The molecule has 0 atom stereocenters. The molecular formula is C15H24N2O3. The summed E-state index contributed by atoms with van der Waals surface area (Å²) in [6.45, 7) is 10.4. The number of carbonyl (C=O) groups is 1. The van der Waals surface area contributed by atoms with E-state index in [0.29, 0.717) is 35.9 Å². The van der Waals surface area contributed by atoms with Crippen molar-refractivity contribution in [1.82, 2.24) is 4.98 Å². The summed E-state index contributed by atoms with van der Waals surface area (Å²) in [4.78, 5) is 18.3. The Morgan fingerprint density at radius 2 is 1.95 bits per heavy atom. The van der Waals surface area contributed by atoms with Crippen LogP contribution in [0.5, 0.6) is 0 Å². The van der Waals surface area contributed by atoms with Gasteiger partial charge in [-0.3, -0.25) is 0 Å². The summed E-state index contributed by atoms with van der Waals surface area (Å²) in [5.41, 5.74) is 0.708. The summed E-state index contributed by atoms with van der Waals surface area (Å²) in [5, 5.41) is 0. The maximum Gasteiger partial charge on any atom is 0.360 e. The highest BCUT2D eigenvalue weighted by Crippen LogP contribution is 2.39. The standard InChI is InChI=1S/C15H24N2O3/c1-5-11-12(13(18)19-8-4)16-14(20-11)17-9-15(6-2,7-3)10-17/h5-10H2,1-4H3. The first-order valence-corrected chi connectivity index (χ1v) is 7.50. The van der Waals surface area contributed by atoms with E-state index in [1.165, 1.54) is 0 Å². The number of oxazole rings is 1. The third-order valence-corrected chi connectivity index (χ3v) is 4.30. The van der Waals surface area contributed by atoms with Gasteiger partial charge in [0.2, 0.25) is 0 Å². The number of ether oxygens (including phenoxy) is 1. The van der Waals surface area contributed by atoms with Crippen LogP contribution in [-0.2, 0) is 11.2 Å². The number of rotatable bonds is 6. The highest BCUT2D eigenvalue weighted by molar-refractivity contribution is 5.88. The maximum atomic E-state index is 11.8. The van der Waals surface area contributed by atoms with Crippen molar-refractivity contribution in [1.29, 1.82) is 0 Å². The van der Waals surface area contributed by atoms with Crippen molar-refractivity contribution in [3.63, 3.8) is 0 Å². The van der Waals surface area contributed by atoms with Crippen LogP contribution in [0.1, 0.15) is 56.8 Å². The van der Waals surface area contributed by atoms with Gasteiger partial charge in [-0.1, -0.05) is 20.8 Å². The fraction of sp³-hybridized carbons (Fsp3) is 0.733. The predicted octanol–water partition coefficient (Wildman–Crippen LogP) is 3.04. The molecule has 0 unspecified atom stereocenters. The van der Waals surface area contributed by atoms with E-state index in [4.69, 9.17) is 9.15 Å². The minimum Gasteiger partial charge on any atom is -0.461 e. The molecular weight excluding hydrogens is 256 g/mol. The Labute approximate surface area is 120 Å². The van der Waals surface area contributed by atoms with E-state index in [9.17, 15) is 4.79 Å². The molecule has 0 aromatic carbocycles. The number of nitrogens with zero attached hydrogens (tertiary/aromatic N) is 2. The Kier molecular flexibility index (Phi) is 4.35. The Hall–Kier alpha value is -1.52. The van der Waals surface area contributed by atoms with Crippen LogP contribution in [0.25, 0.3) is 0 Å². The van der Waals surface area contributed by atoms with Crippen molar-refractivity contribution >= 4 is 12.0 Å². The second kappa shape index (κ2) is 5.85. The number of hydrogen-bond donors (Lipinski definition) is 0. The molecule has 0 saturated carbocycles. The van der Waals surface area contributed by atoms with Crippen molar-refractivity contribution in [2.24, 2.45) is 5.41 Å². The van der Waals surface area contributed by atoms with Crippen LogP contribution in [0.15, 0.2) is 4.42 Å². The lowest BCUT2D eigenvalue weighted by Gasteiger charge is -2.48. The predicted molar refractivity (Wildman–Crippen MR) is 77.1 cm³/mol. The van der Waals surface area contributed by atoms with Gasteiger partial charge in [0.1, 0.15) is 5.76 Å². The van der Waals surface area contributed by atoms with Gasteiger partial charge in [0.15, 0.2) is 5.69 Å². The second-order valence-corrected chi connectivity index (χ2v) is 5.41. The third kappa shape index (κ3) is 2.53. The third-order valence-electron chi connectivity index (χ3n) is 4.30. The number of aryl methyl sites for hydroxylation is 1. The van der Waals surface area contributed by atoms with Crippen LogP contribution in [-0.4, -0.2) is 30.6 Å². The molecule has 20 heavy (non-hydrogen) atoms. The number of carbonyl (C=O) groups excluding carboxylic acids is 1. The zero-order chi connectivity index (χ0) is 14.8. The molecule has 0 N–H and O–H groups in total. The van der Waals surface area contributed by atoms with Crippen LogP contribution in [0, 0.1) is 5.41 Å². The van der Waals surface area contributed by atoms with E-state index in [1.54, 1.807) is 6.92 Å². The highest BCUT2D eigenvalue weighted by Gasteiger charge is 2.42. The summed E-state index contributed by atoms with van der Waals surface area (Å²) >= 11 is 0. The minimum atomic E-state index is -0.392. The summed E-state index contributed by atoms with van der Waals surface area (Å²) in [6, 6.07) is 0.558. The van der Waals surface area contributed by atoms with Crippen molar-refractivity contribution in [3.05, 3.63) is 11.5 Å². The monoisotopic (exact) mass is 280 g/mol. The lowest BCUT2D eigenvalue weighted by molar-refractivity contribution is 0.0517. The maximum absolute atomic E-state index is 11.8. The van der Waals surface area contributed by atoms with Gasteiger partial charge in [0, 0.05) is 24.9 Å². The molecule has 112 valence electrons. The molecule has 2 heterocycles. The fourth-order valence-corrected chi connectivity index (χ4v) is 2.67.